The Kier molecular flexibility index (Phi) is 9.74. The van der Waals surface area contributed by atoms with Crippen molar-refractivity contribution in [2.45, 2.75) is 0 Å². The fourth-order valence-electron chi connectivity index (χ4n) is 0.921. The number of quaternary nitrogens is 1. The Hall–Kier alpha value is -0.335. The van der Waals surface area contributed by atoms with Gasteiger partial charge in [-0.25, -0.2) is 0 Å². The highest BCUT2D eigenvalue weighted by Crippen LogP contribution is 2.06. The van der Waals surface area contributed by atoms with Crippen molar-refractivity contribution in [2.75, 3.05) is 61.5 Å². The summed E-state index contributed by atoms with van der Waals surface area (Å²) >= 11 is 0. The van der Waals surface area contributed by atoms with Crippen LogP contribution in [0.5, 0.6) is 0 Å². The molecule has 0 spiro atoms. The highest BCUT2D eigenvalue weighted by Gasteiger charge is 2.20. The number of ether oxygens (including phenoxy) is 1. The zero-order valence-corrected chi connectivity index (χ0v) is 11.2. The number of halogens is 4. The normalized spacial score (nSPS) is 12.4. The van der Waals surface area contributed by atoms with E-state index in [0.29, 0.717) is 0 Å². The molecule has 0 bridgehead atoms. The van der Waals surface area contributed by atoms with E-state index in [1.165, 1.54) is 6.54 Å². The van der Waals surface area contributed by atoms with Gasteiger partial charge < -0.3 is 31.4 Å². The Labute approximate surface area is 101 Å². The van der Waals surface area contributed by atoms with Crippen molar-refractivity contribution in [2.24, 2.45) is 0 Å². The first-order chi connectivity index (χ1) is 7.48. The molecule has 0 rings (SSSR count). The van der Waals surface area contributed by atoms with E-state index in [9.17, 15) is 17.3 Å². The van der Waals surface area contributed by atoms with Crippen LogP contribution in [-0.4, -0.2) is 78.2 Å². The van der Waals surface area contributed by atoms with E-state index in [1.807, 2.05) is 0 Å². The smallest absolute Gasteiger partial charge is 0.418 e. The third-order valence-corrected chi connectivity index (χ3v) is 2.05. The van der Waals surface area contributed by atoms with Crippen LogP contribution < -0.4 is 0 Å². The molecule has 0 radical (unpaired) electrons. The van der Waals surface area contributed by atoms with Crippen molar-refractivity contribution in [1.82, 2.24) is 4.90 Å². The number of rotatable bonds is 6. The van der Waals surface area contributed by atoms with Gasteiger partial charge in [0.15, 0.2) is 0 Å². The molecule has 0 fully saturated rings. The number of methoxy groups -OCH3 is 1. The zero-order chi connectivity index (χ0) is 14.1. The highest BCUT2D eigenvalue weighted by molar-refractivity contribution is 6.50. The average molecular weight is 262 g/mol. The molecule has 0 aliphatic heterocycles. The van der Waals surface area contributed by atoms with Crippen molar-refractivity contribution in [3.8, 4) is 0 Å². The quantitative estimate of drug-likeness (QED) is 0.409. The molecule has 0 amide bonds. The molecule has 0 saturated carbocycles. The van der Waals surface area contributed by atoms with Crippen LogP contribution in [0.15, 0.2) is 0 Å². The maximum absolute atomic E-state index is 9.75. The molecule has 106 valence electrons. The fraction of sp³-hybridized carbons (Fsp3) is 1.00. The van der Waals surface area contributed by atoms with Crippen molar-refractivity contribution in [3.63, 3.8) is 0 Å². The topological polar surface area (TPSA) is 12.5 Å². The van der Waals surface area contributed by atoms with E-state index < -0.39 is 7.25 Å². The van der Waals surface area contributed by atoms with Crippen molar-refractivity contribution in [3.05, 3.63) is 0 Å². The summed E-state index contributed by atoms with van der Waals surface area (Å²) < 4.78 is 45.1. The van der Waals surface area contributed by atoms with E-state index in [2.05, 4.69) is 33.1 Å². The van der Waals surface area contributed by atoms with Gasteiger partial charge in [-0.2, -0.15) is 0 Å². The van der Waals surface area contributed by atoms with Crippen LogP contribution in [0.1, 0.15) is 0 Å². The third kappa shape index (κ3) is 25.7. The van der Waals surface area contributed by atoms with Gasteiger partial charge in [0.1, 0.15) is 6.54 Å². The Morgan fingerprint density at radius 1 is 1.06 bits per heavy atom. The summed E-state index contributed by atoms with van der Waals surface area (Å²) in [6.07, 6.45) is 0. The standard InChI is InChI=1S/C9H23N2O.BF4/c1-10(2)6-7-11(3,4)8-9-12-5;2-1(3,4)5/h6-9H2,1-5H3;/q+1;-1. The van der Waals surface area contributed by atoms with Crippen LogP contribution in [0, 0.1) is 0 Å². The van der Waals surface area contributed by atoms with Crippen molar-refractivity contribution >= 4 is 7.25 Å². The molecular formula is C9H23BF4N2O. The molecule has 0 heterocycles. The monoisotopic (exact) mass is 262 g/mol. The lowest BCUT2D eigenvalue weighted by Gasteiger charge is -2.30. The second-order valence-corrected chi connectivity index (χ2v) is 4.67. The first kappa shape index (κ1) is 19.0. The van der Waals surface area contributed by atoms with Gasteiger partial charge in [-0.3, -0.25) is 0 Å². The highest BCUT2D eigenvalue weighted by atomic mass is 19.5. The van der Waals surface area contributed by atoms with Gasteiger partial charge in [-0.15, -0.1) is 0 Å². The molecule has 8 heteroatoms. The molecule has 0 unspecified atom stereocenters. The van der Waals surface area contributed by atoms with E-state index in [-0.39, 0.29) is 0 Å². The average Bonchev–Trinajstić information content (AvgIpc) is 2.09. The largest absolute Gasteiger partial charge is 0.673 e. The van der Waals surface area contributed by atoms with Crippen LogP contribution in [0.2, 0.25) is 0 Å². The summed E-state index contributed by atoms with van der Waals surface area (Å²) in [7, 11) is 4.45. The van der Waals surface area contributed by atoms with Gasteiger partial charge in [0.25, 0.3) is 0 Å². The van der Waals surface area contributed by atoms with Gasteiger partial charge in [-0.05, 0) is 14.1 Å². The number of likely N-dealkylation sites (N-methyl/N-ethyl adjacent to an activating group) is 2. The second kappa shape index (κ2) is 8.71. The Balaban J connectivity index is 0. The lowest BCUT2D eigenvalue weighted by molar-refractivity contribution is -0.890. The first-order valence-electron chi connectivity index (χ1n) is 5.31. The summed E-state index contributed by atoms with van der Waals surface area (Å²) in [4.78, 5) is 2.22. The number of hydrogen-bond donors (Lipinski definition) is 0. The predicted octanol–water partition coefficient (Wildman–Crippen LogP) is 1.57. The molecular weight excluding hydrogens is 239 g/mol. The lowest BCUT2D eigenvalue weighted by atomic mass is 10.3. The summed E-state index contributed by atoms with van der Waals surface area (Å²) in [5, 5.41) is 0. The molecule has 0 aliphatic rings. The summed E-state index contributed by atoms with van der Waals surface area (Å²) in [5.41, 5.74) is 0. The molecule has 0 N–H and O–H groups in total. The molecule has 0 aromatic carbocycles. The van der Waals surface area contributed by atoms with E-state index >= 15 is 0 Å². The van der Waals surface area contributed by atoms with E-state index in [4.69, 9.17) is 4.74 Å². The molecule has 0 atom stereocenters. The van der Waals surface area contributed by atoms with Gasteiger partial charge in [0.2, 0.25) is 0 Å². The first-order valence-corrected chi connectivity index (χ1v) is 5.31. The van der Waals surface area contributed by atoms with Crippen molar-refractivity contribution < 1.29 is 26.5 Å². The Morgan fingerprint density at radius 3 is 1.76 bits per heavy atom. The van der Waals surface area contributed by atoms with Gasteiger partial charge >= 0.3 is 7.25 Å². The van der Waals surface area contributed by atoms with Crippen LogP contribution in [0.25, 0.3) is 0 Å². The number of nitrogens with zero attached hydrogens (tertiary/aromatic N) is 2. The molecule has 0 aromatic heterocycles. The summed E-state index contributed by atoms with van der Waals surface area (Å²) in [6.45, 7) is 4.25. The van der Waals surface area contributed by atoms with Gasteiger partial charge in [0, 0.05) is 13.7 Å². The van der Waals surface area contributed by atoms with E-state index in [1.54, 1.807) is 7.11 Å². The van der Waals surface area contributed by atoms with Gasteiger partial charge in [0.05, 0.1) is 27.2 Å². The molecule has 3 nitrogen and oxygen atoms in total. The lowest BCUT2D eigenvalue weighted by Crippen LogP contribution is -2.46. The molecule has 0 aromatic rings. The third-order valence-electron chi connectivity index (χ3n) is 2.05. The summed E-state index contributed by atoms with van der Waals surface area (Å²) in [5.74, 6) is 0. The Morgan fingerprint density at radius 2 is 1.47 bits per heavy atom. The van der Waals surface area contributed by atoms with Crippen LogP contribution in [-0.2, 0) is 4.74 Å². The van der Waals surface area contributed by atoms with Crippen LogP contribution >= 0.6 is 0 Å². The zero-order valence-electron chi connectivity index (χ0n) is 11.2. The molecule has 0 saturated heterocycles. The van der Waals surface area contributed by atoms with E-state index in [0.717, 1.165) is 24.2 Å². The molecule has 17 heavy (non-hydrogen) atoms. The van der Waals surface area contributed by atoms with Crippen molar-refractivity contribution in [1.29, 1.82) is 0 Å². The van der Waals surface area contributed by atoms with Gasteiger partial charge in [-0.1, -0.05) is 0 Å². The Bertz CT molecular complexity index is 182. The number of hydrogen-bond acceptors (Lipinski definition) is 2. The van der Waals surface area contributed by atoms with Crippen LogP contribution in [0.4, 0.5) is 17.3 Å². The fourth-order valence-corrected chi connectivity index (χ4v) is 0.921. The minimum absolute atomic E-state index is 0.848. The minimum atomic E-state index is -6.00. The maximum atomic E-state index is 9.75. The SMILES string of the molecule is COCC[N+](C)(C)CCN(C)C.F[B-](F)(F)F. The minimum Gasteiger partial charge on any atom is -0.418 e. The summed E-state index contributed by atoms with van der Waals surface area (Å²) in [6, 6.07) is 0. The second-order valence-electron chi connectivity index (χ2n) is 4.67. The van der Waals surface area contributed by atoms with Crippen LogP contribution in [0.3, 0.4) is 0 Å². The maximum Gasteiger partial charge on any atom is 0.673 e. The molecule has 0 aliphatic carbocycles. The predicted molar refractivity (Wildman–Crippen MR) is 62.5 cm³/mol.